The maximum absolute atomic E-state index is 12.6. The average molecular weight is 293 g/mol. The maximum atomic E-state index is 12.6. The fourth-order valence-electron chi connectivity index (χ4n) is 2.27. The lowest BCUT2D eigenvalue weighted by Crippen LogP contribution is -2.48. The first-order valence-corrected chi connectivity index (χ1v) is 8.32. The first-order valence-electron chi connectivity index (χ1n) is 7.27. The molecule has 5 heteroatoms. The van der Waals surface area contributed by atoms with Gasteiger partial charge in [0.15, 0.2) is 0 Å². The van der Waals surface area contributed by atoms with Gasteiger partial charge in [-0.25, -0.2) is 4.98 Å². The third kappa shape index (κ3) is 3.45. The number of hydrogen-bond acceptors (Lipinski definition) is 4. The number of pyridine rings is 1. The third-order valence-corrected chi connectivity index (χ3v) is 5.01. The fraction of sp³-hybridized carbons (Fsp3) is 0.600. The topological polar surface area (TPSA) is 45.2 Å². The van der Waals surface area contributed by atoms with Gasteiger partial charge in [-0.1, -0.05) is 19.9 Å². The summed E-state index contributed by atoms with van der Waals surface area (Å²) in [5.41, 5.74) is 0.539. The van der Waals surface area contributed by atoms with Crippen LogP contribution in [0.3, 0.4) is 0 Å². The summed E-state index contributed by atoms with van der Waals surface area (Å²) in [4.78, 5) is 19.0. The zero-order valence-corrected chi connectivity index (χ0v) is 13.2. The van der Waals surface area contributed by atoms with Crippen molar-refractivity contribution in [1.29, 1.82) is 0 Å². The van der Waals surface area contributed by atoms with Crippen molar-refractivity contribution in [2.24, 2.45) is 0 Å². The Kier molecular flexibility index (Phi) is 5.29. The molecule has 1 amide bonds. The van der Waals surface area contributed by atoms with E-state index in [1.54, 1.807) is 6.07 Å². The Bertz CT molecular complexity index is 466. The molecule has 1 N–H and O–H groups in total. The summed E-state index contributed by atoms with van der Waals surface area (Å²) in [6.07, 6.45) is 1.04. The summed E-state index contributed by atoms with van der Waals surface area (Å²) < 4.78 is 0. The number of nitrogens with one attached hydrogen (secondary N) is 1. The molecule has 1 aromatic rings. The Morgan fingerprint density at radius 1 is 1.50 bits per heavy atom. The van der Waals surface area contributed by atoms with Crippen LogP contribution in [-0.2, 0) is 0 Å². The molecule has 2 unspecified atom stereocenters. The van der Waals surface area contributed by atoms with Crippen LogP contribution in [0.4, 0.5) is 5.82 Å². The van der Waals surface area contributed by atoms with Crippen molar-refractivity contribution in [1.82, 2.24) is 9.88 Å². The molecule has 1 fully saturated rings. The van der Waals surface area contributed by atoms with Crippen LogP contribution in [0.2, 0.25) is 0 Å². The molecule has 0 aliphatic carbocycles. The molecule has 110 valence electrons. The van der Waals surface area contributed by atoms with Gasteiger partial charge in [0.1, 0.15) is 11.5 Å². The summed E-state index contributed by atoms with van der Waals surface area (Å²) >= 11 is 1.93. The normalized spacial score (nSPS) is 22.6. The van der Waals surface area contributed by atoms with E-state index in [0.717, 1.165) is 31.1 Å². The zero-order chi connectivity index (χ0) is 14.5. The van der Waals surface area contributed by atoms with Crippen LogP contribution in [0.5, 0.6) is 0 Å². The van der Waals surface area contributed by atoms with Gasteiger partial charge in [-0.15, -0.1) is 0 Å². The molecule has 1 saturated heterocycles. The number of anilines is 1. The molecule has 4 nitrogen and oxygen atoms in total. The van der Waals surface area contributed by atoms with Crippen LogP contribution < -0.4 is 5.32 Å². The Morgan fingerprint density at radius 3 is 3.05 bits per heavy atom. The van der Waals surface area contributed by atoms with E-state index in [1.807, 2.05) is 28.8 Å². The van der Waals surface area contributed by atoms with Gasteiger partial charge in [0.2, 0.25) is 0 Å². The predicted molar refractivity (Wildman–Crippen MR) is 85.4 cm³/mol. The van der Waals surface area contributed by atoms with Crippen LogP contribution in [-0.4, -0.2) is 45.9 Å². The minimum atomic E-state index is 0.0461. The largest absolute Gasteiger partial charge is 0.370 e. The van der Waals surface area contributed by atoms with Crippen molar-refractivity contribution in [2.45, 2.75) is 38.5 Å². The SMILES string of the molecule is CCCNc1cccc(C(=O)N2CCSC(C)C2C)n1. The number of rotatable bonds is 4. The van der Waals surface area contributed by atoms with Crippen molar-refractivity contribution in [3.63, 3.8) is 0 Å². The molecule has 1 aliphatic rings. The maximum Gasteiger partial charge on any atom is 0.272 e. The third-order valence-electron chi connectivity index (χ3n) is 3.67. The second kappa shape index (κ2) is 6.97. The summed E-state index contributed by atoms with van der Waals surface area (Å²) in [6.45, 7) is 8.09. The van der Waals surface area contributed by atoms with Gasteiger partial charge in [-0.3, -0.25) is 4.79 Å². The van der Waals surface area contributed by atoms with E-state index >= 15 is 0 Å². The minimum Gasteiger partial charge on any atom is -0.370 e. The lowest BCUT2D eigenvalue weighted by molar-refractivity contribution is 0.0692. The van der Waals surface area contributed by atoms with Crippen LogP contribution >= 0.6 is 11.8 Å². The molecular weight excluding hydrogens is 270 g/mol. The Morgan fingerprint density at radius 2 is 2.30 bits per heavy atom. The molecule has 0 bridgehead atoms. The lowest BCUT2D eigenvalue weighted by Gasteiger charge is -2.37. The monoisotopic (exact) mass is 293 g/mol. The van der Waals surface area contributed by atoms with Crippen LogP contribution in [0.1, 0.15) is 37.7 Å². The second-order valence-corrected chi connectivity index (χ2v) is 6.64. The average Bonchev–Trinajstić information content (AvgIpc) is 2.47. The van der Waals surface area contributed by atoms with Gasteiger partial charge < -0.3 is 10.2 Å². The minimum absolute atomic E-state index is 0.0461. The van der Waals surface area contributed by atoms with E-state index in [4.69, 9.17) is 0 Å². The highest BCUT2D eigenvalue weighted by Gasteiger charge is 2.30. The van der Waals surface area contributed by atoms with Gasteiger partial charge in [-0.05, 0) is 25.5 Å². The van der Waals surface area contributed by atoms with Crippen molar-refractivity contribution < 1.29 is 4.79 Å². The number of hydrogen-bond donors (Lipinski definition) is 1. The van der Waals surface area contributed by atoms with Crippen molar-refractivity contribution in [2.75, 3.05) is 24.2 Å². The molecule has 0 spiro atoms. The molecule has 1 aliphatic heterocycles. The molecule has 0 radical (unpaired) electrons. The highest BCUT2D eigenvalue weighted by Crippen LogP contribution is 2.25. The van der Waals surface area contributed by atoms with Crippen molar-refractivity contribution in [3.8, 4) is 0 Å². The summed E-state index contributed by atoms with van der Waals surface area (Å²) in [5.74, 6) is 1.83. The fourth-order valence-corrected chi connectivity index (χ4v) is 3.37. The number of amides is 1. The van der Waals surface area contributed by atoms with Gasteiger partial charge in [-0.2, -0.15) is 11.8 Å². The van der Waals surface area contributed by atoms with Crippen molar-refractivity contribution in [3.05, 3.63) is 23.9 Å². The zero-order valence-electron chi connectivity index (χ0n) is 12.4. The summed E-state index contributed by atoms with van der Waals surface area (Å²) in [5, 5.41) is 3.71. The molecule has 20 heavy (non-hydrogen) atoms. The smallest absolute Gasteiger partial charge is 0.272 e. The summed E-state index contributed by atoms with van der Waals surface area (Å²) in [7, 11) is 0. The van der Waals surface area contributed by atoms with Crippen LogP contribution in [0.15, 0.2) is 18.2 Å². The molecule has 0 saturated carbocycles. The number of nitrogens with zero attached hydrogens (tertiary/aromatic N) is 2. The van der Waals surface area contributed by atoms with Crippen LogP contribution in [0.25, 0.3) is 0 Å². The Labute approximate surface area is 125 Å². The molecule has 0 aromatic carbocycles. The van der Waals surface area contributed by atoms with E-state index in [2.05, 4.69) is 31.1 Å². The van der Waals surface area contributed by atoms with E-state index in [-0.39, 0.29) is 11.9 Å². The van der Waals surface area contributed by atoms with E-state index < -0.39 is 0 Å². The molecule has 2 heterocycles. The van der Waals surface area contributed by atoms with Gasteiger partial charge in [0.25, 0.3) is 5.91 Å². The first kappa shape index (κ1) is 15.2. The number of carbonyl (C=O) groups is 1. The van der Waals surface area contributed by atoms with Gasteiger partial charge in [0.05, 0.1) is 0 Å². The number of thioether (sulfide) groups is 1. The quantitative estimate of drug-likeness (QED) is 0.927. The standard InChI is InChI=1S/C15H23N3OS/c1-4-8-16-14-7-5-6-13(17-14)15(19)18-9-10-20-12(3)11(18)2/h5-7,11-12H,4,8-10H2,1-3H3,(H,16,17). The first-order chi connectivity index (χ1) is 9.63. The molecule has 1 aromatic heterocycles. The van der Waals surface area contributed by atoms with Gasteiger partial charge >= 0.3 is 0 Å². The molecule has 2 rings (SSSR count). The van der Waals surface area contributed by atoms with E-state index in [1.165, 1.54) is 0 Å². The Hall–Kier alpha value is -1.23. The Balaban J connectivity index is 2.12. The van der Waals surface area contributed by atoms with E-state index in [0.29, 0.717) is 10.9 Å². The highest BCUT2D eigenvalue weighted by molar-refractivity contribution is 8.00. The molecular formula is C15H23N3OS. The lowest BCUT2D eigenvalue weighted by atomic mass is 10.2. The van der Waals surface area contributed by atoms with Gasteiger partial charge in [0, 0.05) is 30.1 Å². The number of carbonyl (C=O) groups excluding carboxylic acids is 1. The summed E-state index contributed by atoms with van der Waals surface area (Å²) in [6, 6.07) is 5.86. The van der Waals surface area contributed by atoms with E-state index in [9.17, 15) is 4.79 Å². The predicted octanol–water partition coefficient (Wildman–Crippen LogP) is 2.87. The highest BCUT2D eigenvalue weighted by atomic mass is 32.2. The van der Waals surface area contributed by atoms with Crippen molar-refractivity contribution >= 4 is 23.5 Å². The second-order valence-electron chi connectivity index (χ2n) is 5.15. The molecule has 2 atom stereocenters. The van der Waals surface area contributed by atoms with Crippen LogP contribution in [0, 0.1) is 0 Å². The number of aromatic nitrogens is 1.